The quantitative estimate of drug-likeness (QED) is 0.327. The number of sulfone groups is 1. The average Bonchev–Trinajstić information content (AvgIpc) is 2.89. The van der Waals surface area contributed by atoms with Crippen LogP contribution in [0, 0.1) is 11.7 Å². The summed E-state index contributed by atoms with van der Waals surface area (Å²) in [5.41, 5.74) is -1.66. The van der Waals surface area contributed by atoms with Gasteiger partial charge in [-0.05, 0) is 30.5 Å². The molecular formula is C25H32F4N6O5S. The zero-order valence-corrected chi connectivity index (χ0v) is 23.8. The van der Waals surface area contributed by atoms with Crippen LogP contribution in [0.3, 0.4) is 0 Å². The molecule has 0 saturated carbocycles. The van der Waals surface area contributed by atoms with E-state index in [1.165, 1.54) is 19.2 Å². The van der Waals surface area contributed by atoms with Gasteiger partial charge in [-0.15, -0.1) is 0 Å². The fraction of sp³-hybridized carbons (Fsp3) is 0.520. The number of piperazine rings is 1. The molecule has 16 heteroatoms. The van der Waals surface area contributed by atoms with Gasteiger partial charge in [-0.2, -0.15) is 13.2 Å². The first-order chi connectivity index (χ1) is 19.0. The molecule has 0 bridgehead atoms. The summed E-state index contributed by atoms with van der Waals surface area (Å²) in [5.74, 6) is -2.14. The summed E-state index contributed by atoms with van der Waals surface area (Å²) in [6.45, 7) is 4.45. The molecule has 2 aromatic rings. The molecule has 1 saturated heterocycles. The van der Waals surface area contributed by atoms with Crippen molar-refractivity contribution in [2.75, 3.05) is 55.8 Å². The van der Waals surface area contributed by atoms with Crippen LogP contribution in [0.2, 0.25) is 0 Å². The van der Waals surface area contributed by atoms with E-state index in [1.807, 2.05) is 18.7 Å². The zero-order valence-electron chi connectivity index (χ0n) is 22.9. The third kappa shape index (κ3) is 7.74. The molecule has 0 spiro atoms. The van der Waals surface area contributed by atoms with Crippen LogP contribution < -0.4 is 15.1 Å². The first-order valence-electron chi connectivity index (χ1n) is 12.7. The van der Waals surface area contributed by atoms with Crippen molar-refractivity contribution in [3.8, 4) is 0 Å². The van der Waals surface area contributed by atoms with Crippen molar-refractivity contribution in [1.29, 1.82) is 0 Å². The third-order valence-electron chi connectivity index (χ3n) is 6.69. The molecule has 0 radical (unpaired) electrons. The van der Waals surface area contributed by atoms with E-state index < -0.39 is 56.0 Å². The van der Waals surface area contributed by atoms with Crippen LogP contribution in [0.1, 0.15) is 36.3 Å². The number of nitrogens with zero attached hydrogens (tertiary/aromatic N) is 5. The Labute approximate surface area is 235 Å². The Morgan fingerprint density at radius 3 is 2.51 bits per heavy atom. The Balaban J connectivity index is 1.87. The number of halogens is 4. The van der Waals surface area contributed by atoms with E-state index in [4.69, 9.17) is 5.11 Å². The van der Waals surface area contributed by atoms with Gasteiger partial charge in [-0.3, -0.25) is 4.79 Å². The molecule has 2 amide bonds. The summed E-state index contributed by atoms with van der Waals surface area (Å²) < 4.78 is 80.4. The number of anilines is 2. The van der Waals surface area contributed by atoms with Gasteiger partial charge in [-0.1, -0.05) is 13.8 Å². The Kier molecular flexibility index (Phi) is 9.66. The van der Waals surface area contributed by atoms with Crippen LogP contribution in [0.5, 0.6) is 0 Å². The molecule has 1 aromatic heterocycles. The number of amides is 2. The Morgan fingerprint density at radius 2 is 1.93 bits per heavy atom. The number of hydrogen-bond acceptors (Lipinski definition) is 8. The first-order valence-corrected chi connectivity index (χ1v) is 14.6. The summed E-state index contributed by atoms with van der Waals surface area (Å²) in [5, 5.41) is 10.7. The lowest BCUT2D eigenvalue weighted by molar-refractivity contribution is -0.141. The number of hydrogen-bond donors (Lipinski definition) is 2. The highest BCUT2D eigenvalue weighted by Crippen LogP contribution is 2.34. The van der Waals surface area contributed by atoms with Gasteiger partial charge in [0.1, 0.15) is 10.7 Å². The second kappa shape index (κ2) is 12.4. The van der Waals surface area contributed by atoms with Gasteiger partial charge in [0.2, 0.25) is 5.95 Å². The highest BCUT2D eigenvalue weighted by molar-refractivity contribution is 7.90. The minimum atomic E-state index is -4.96. The van der Waals surface area contributed by atoms with Crippen molar-refractivity contribution < 1.29 is 40.7 Å². The Hall–Kier alpha value is -3.69. The van der Waals surface area contributed by atoms with E-state index in [1.54, 1.807) is 4.90 Å². The highest BCUT2D eigenvalue weighted by atomic mass is 32.2. The second-order valence-electron chi connectivity index (χ2n) is 10.1. The summed E-state index contributed by atoms with van der Waals surface area (Å²) in [4.78, 5) is 35.3. The SMILES string of the molecule is CC(C)C1CN(c2ccc(F)c(S(C)(=O)=O)c2)CCN1c1ncc(C(=O)N(C)CCCNC(=O)O)c(C(F)(F)F)n1. The lowest BCUT2D eigenvalue weighted by Crippen LogP contribution is -2.56. The van der Waals surface area contributed by atoms with Gasteiger partial charge >= 0.3 is 12.3 Å². The summed E-state index contributed by atoms with van der Waals surface area (Å²) in [6.07, 6.45) is -4.27. The molecular weight excluding hydrogens is 572 g/mol. The third-order valence-corrected chi connectivity index (χ3v) is 7.80. The van der Waals surface area contributed by atoms with Crippen LogP contribution in [-0.2, 0) is 16.0 Å². The second-order valence-corrected chi connectivity index (χ2v) is 12.1. The number of carbonyl (C=O) groups excluding carboxylic acids is 1. The van der Waals surface area contributed by atoms with E-state index in [0.717, 1.165) is 23.4 Å². The molecule has 41 heavy (non-hydrogen) atoms. The topological polar surface area (TPSA) is 136 Å². The predicted molar refractivity (Wildman–Crippen MR) is 142 cm³/mol. The molecule has 1 fully saturated rings. The summed E-state index contributed by atoms with van der Waals surface area (Å²) >= 11 is 0. The van der Waals surface area contributed by atoms with Crippen LogP contribution in [-0.4, -0.2) is 92.5 Å². The van der Waals surface area contributed by atoms with Gasteiger partial charge in [0.15, 0.2) is 15.5 Å². The number of benzene rings is 1. The lowest BCUT2D eigenvalue weighted by atomic mass is 9.99. The molecule has 3 rings (SSSR count). The van der Waals surface area contributed by atoms with E-state index >= 15 is 0 Å². The van der Waals surface area contributed by atoms with Gasteiger partial charge in [0.05, 0.1) is 11.6 Å². The van der Waals surface area contributed by atoms with E-state index in [0.29, 0.717) is 5.69 Å². The van der Waals surface area contributed by atoms with Crippen molar-refractivity contribution >= 4 is 33.5 Å². The normalized spacial score (nSPS) is 16.2. The molecule has 0 aliphatic carbocycles. The maximum Gasteiger partial charge on any atom is 0.434 e. The first kappa shape index (κ1) is 31.8. The van der Waals surface area contributed by atoms with Crippen LogP contribution >= 0.6 is 0 Å². The molecule has 226 valence electrons. The maximum absolute atomic E-state index is 14.1. The van der Waals surface area contributed by atoms with Gasteiger partial charge < -0.3 is 25.1 Å². The number of alkyl halides is 3. The molecule has 1 aliphatic heterocycles. The van der Waals surface area contributed by atoms with Crippen LogP contribution in [0.4, 0.5) is 34.0 Å². The van der Waals surface area contributed by atoms with Gasteiger partial charge in [0, 0.05) is 57.9 Å². The lowest BCUT2D eigenvalue weighted by Gasteiger charge is -2.44. The molecule has 1 aromatic carbocycles. The maximum atomic E-state index is 14.1. The molecule has 2 N–H and O–H groups in total. The van der Waals surface area contributed by atoms with Crippen molar-refractivity contribution in [1.82, 2.24) is 20.2 Å². The standard InChI is InChI=1S/C25H32F4N6O5S/c1-15(2)19-14-34(16-6-7-18(26)20(12-16)41(4,39)40)10-11-35(19)23-31-13-17(21(32-23)25(27,28)29)22(36)33(3)9-5-8-30-24(37)38/h6-7,12-13,15,19,30H,5,8-11,14H2,1-4H3,(H,37,38). The minimum absolute atomic E-state index is 0.0000228. The smallest absolute Gasteiger partial charge is 0.434 e. The summed E-state index contributed by atoms with van der Waals surface area (Å²) in [6, 6.07) is 3.35. The van der Waals surface area contributed by atoms with E-state index in [-0.39, 0.29) is 51.0 Å². The number of rotatable bonds is 9. The largest absolute Gasteiger partial charge is 0.465 e. The Morgan fingerprint density at radius 1 is 1.24 bits per heavy atom. The molecule has 11 nitrogen and oxygen atoms in total. The zero-order chi connectivity index (χ0) is 30.7. The number of carboxylic acid groups (broad SMARTS) is 1. The van der Waals surface area contributed by atoms with Crippen molar-refractivity contribution in [3.05, 3.63) is 41.5 Å². The van der Waals surface area contributed by atoms with Gasteiger partial charge in [-0.25, -0.2) is 27.6 Å². The Bertz CT molecular complexity index is 1390. The highest BCUT2D eigenvalue weighted by Gasteiger charge is 2.40. The predicted octanol–water partition coefficient (Wildman–Crippen LogP) is 3.12. The number of aromatic nitrogens is 2. The monoisotopic (exact) mass is 604 g/mol. The molecule has 2 heterocycles. The van der Waals surface area contributed by atoms with Gasteiger partial charge in [0.25, 0.3) is 5.91 Å². The van der Waals surface area contributed by atoms with Crippen LogP contribution in [0.25, 0.3) is 0 Å². The fourth-order valence-corrected chi connectivity index (χ4v) is 5.30. The molecule has 1 aliphatic rings. The van der Waals surface area contributed by atoms with Crippen LogP contribution in [0.15, 0.2) is 29.3 Å². The van der Waals surface area contributed by atoms with Crippen molar-refractivity contribution in [2.45, 2.75) is 37.4 Å². The van der Waals surface area contributed by atoms with Crippen molar-refractivity contribution in [2.24, 2.45) is 5.92 Å². The molecule has 1 unspecified atom stereocenters. The number of carbonyl (C=O) groups is 2. The number of nitrogens with one attached hydrogen (secondary N) is 1. The van der Waals surface area contributed by atoms with Crippen molar-refractivity contribution in [3.63, 3.8) is 0 Å². The fourth-order valence-electron chi connectivity index (χ4n) is 4.54. The van der Waals surface area contributed by atoms with E-state index in [2.05, 4.69) is 15.3 Å². The average molecular weight is 605 g/mol. The molecule has 1 atom stereocenters. The van der Waals surface area contributed by atoms with E-state index in [9.17, 15) is 35.6 Å². The summed E-state index contributed by atoms with van der Waals surface area (Å²) in [7, 11) is -2.52. The minimum Gasteiger partial charge on any atom is -0.465 e.